The van der Waals surface area contributed by atoms with Gasteiger partial charge in [-0.25, -0.2) is 0 Å². The van der Waals surface area contributed by atoms with Gasteiger partial charge in [0.05, 0.1) is 0 Å². The lowest BCUT2D eigenvalue weighted by atomic mass is 9.68. The molecule has 1 fully saturated rings. The molecule has 0 radical (unpaired) electrons. The third-order valence-electron chi connectivity index (χ3n) is 4.11. The zero-order valence-electron chi connectivity index (χ0n) is 11.3. The van der Waals surface area contributed by atoms with Crippen LogP contribution in [0.25, 0.3) is 0 Å². The Morgan fingerprint density at radius 1 is 1.17 bits per heavy atom. The second-order valence-corrected chi connectivity index (χ2v) is 7.26. The second kappa shape index (κ2) is 3.80. The summed E-state index contributed by atoms with van der Waals surface area (Å²) in [5.41, 5.74) is 1.68. The molecule has 0 unspecified atom stereocenters. The molecule has 1 aliphatic carbocycles. The molecule has 1 heterocycles. The summed E-state index contributed by atoms with van der Waals surface area (Å²) in [5.74, 6) is 0. The summed E-state index contributed by atoms with van der Waals surface area (Å²) in [6.07, 6.45) is 3.58. The summed E-state index contributed by atoms with van der Waals surface area (Å²) in [5, 5.41) is 5.75. The zero-order chi connectivity index (χ0) is 13.0. The van der Waals surface area contributed by atoms with Gasteiger partial charge in [-0.15, -0.1) is 0 Å². The fraction of sp³-hybridized carbons (Fsp3) is 0.600. The summed E-state index contributed by atoms with van der Waals surface area (Å²) < 4.78 is 2.23. The van der Waals surface area contributed by atoms with Gasteiger partial charge in [0.15, 0.2) is 6.04 Å². The molecule has 0 saturated heterocycles. The first-order valence-corrected chi connectivity index (χ1v) is 7.02. The smallest absolute Gasteiger partial charge is 0.0858 e. The number of rotatable bonds is 1. The molecule has 1 aromatic carbocycles. The quantitative estimate of drug-likeness (QED) is 0.648. The van der Waals surface area contributed by atoms with Crippen molar-refractivity contribution in [1.29, 1.82) is 0 Å². The highest BCUT2D eigenvalue weighted by Crippen LogP contribution is 2.49. The molecule has 0 spiro atoms. The van der Waals surface area contributed by atoms with Crippen LogP contribution in [0.2, 0.25) is 5.02 Å². The van der Waals surface area contributed by atoms with Crippen LogP contribution in [0.5, 0.6) is 0 Å². The first-order valence-electron chi connectivity index (χ1n) is 6.65. The van der Waals surface area contributed by atoms with E-state index in [1.807, 2.05) is 12.1 Å². The lowest BCUT2D eigenvalue weighted by molar-refractivity contribution is -0.539. The van der Waals surface area contributed by atoms with E-state index in [0.717, 1.165) is 5.02 Å². The number of azo groups is 2. The molecule has 2 bridgehead atoms. The van der Waals surface area contributed by atoms with Crippen LogP contribution in [0.3, 0.4) is 0 Å². The first kappa shape index (κ1) is 12.2. The zero-order valence-corrected chi connectivity index (χ0v) is 12.0. The molecular weight excluding hydrogens is 244 g/mol. The molecule has 2 atom stereocenters. The molecule has 96 valence electrons. The Kier molecular flexibility index (Phi) is 2.57. The van der Waals surface area contributed by atoms with Crippen LogP contribution < -0.4 is 0 Å². The van der Waals surface area contributed by atoms with Crippen molar-refractivity contribution in [3.63, 3.8) is 0 Å². The van der Waals surface area contributed by atoms with Gasteiger partial charge in [-0.1, -0.05) is 30.1 Å². The Morgan fingerprint density at radius 2 is 1.83 bits per heavy atom. The molecule has 3 rings (SSSR count). The minimum atomic E-state index is 0.117. The van der Waals surface area contributed by atoms with Gasteiger partial charge >= 0.3 is 0 Å². The standard InChI is InChI=1S/C15H20ClN2/c1-14(2)8-13-9-15(3,10-14)17-18(13)12-6-4-11(16)5-7-12/h4-7,13H,8-10H2,1-3H3/q+1/t13-,15-/m1/s1. The first-order chi connectivity index (χ1) is 8.37. The van der Waals surface area contributed by atoms with Gasteiger partial charge in [-0.3, -0.25) is 0 Å². The third-order valence-corrected chi connectivity index (χ3v) is 4.36. The van der Waals surface area contributed by atoms with Crippen LogP contribution in [0.4, 0.5) is 5.69 Å². The van der Waals surface area contributed by atoms with Gasteiger partial charge in [0.1, 0.15) is 5.54 Å². The molecule has 0 N–H and O–H groups in total. The van der Waals surface area contributed by atoms with E-state index in [9.17, 15) is 0 Å². The number of fused-ring (bicyclic) bond motifs is 2. The van der Waals surface area contributed by atoms with Crippen LogP contribution >= 0.6 is 11.6 Å². The summed E-state index contributed by atoms with van der Waals surface area (Å²) in [7, 11) is 0. The predicted octanol–water partition coefficient (Wildman–Crippen LogP) is 4.79. The summed E-state index contributed by atoms with van der Waals surface area (Å²) in [6.45, 7) is 7.01. The fourth-order valence-electron chi connectivity index (χ4n) is 3.85. The molecule has 0 aromatic heterocycles. The van der Waals surface area contributed by atoms with E-state index in [1.165, 1.54) is 24.9 Å². The molecule has 3 heteroatoms. The highest BCUT2D eigenvalue weighted by atomic mass is 35.5. The molecular formula is C15H20ClN2+. The molecule has 0 amide bonds. The Bertz CT molecular complexity index is 504. The normalized spacial score (nSPS) is 33.3. The summed E-state index contributed by atoms with van der Waals surface area (Å²) in [4.78, 5) is 0. The van der Waals surface area contributed by atoms with Crippen molar-refractivity contribution >= 4 is 17.3 Å². The van der Waals surface area contributed by atoms with E-state index >= 15 is 0 Å². The van der Waals surface area contributed by atoms with E-state index in [1.54, 1.807) is 0 Å². The lowest BCUT2D eigenvalue weighted by Gasteiger charge is -2.34. The van der Waals surface area contributed by atoms with Crippen molar-refractivity contribution < 1.29 is 4.70 Å². The second-order valence-electron chi connectivity index (χ2n) is 6.82. The number of benzene rings is 1. The summed E-state index contributed by atoms with van der Waals surface area (Å²) >= 11 is 5.95. The Labute approximate surface area is 114 Å². The van der Waals surface area contributed by atoms with Crippen LogP contribution in [0.1, 0.15) is 40.0 Å². The maximum atomic E-state index is 5.95. The van der Waals surface area contributed by atoms with Crippen molar-refractivity contribution in [2.24, 2.45) is 10.5 Å². The minimum absolute atomic E-state index is 0.117. The average Bonchev–Trinajstić information content (AvgIpc) is 2.49. The van der Waals surface area contributed by atoms with Crippen LogP contribution in [-0.4, -0.2) is 16.3 Å². The van der Waals surface area contributed by atoms with Gasteiger partial charge in [-0.2, -0.15) is 0 Å². The van der Waals surface area contributed by atoms with Gasteiger partial charge < -0.3 is 0 Å². The van der Waals surface area contributed by atoms with E-state index < -0.39 is 0 Å². The van der Waals surface area contributed by atoms with Gasteiger partial charge in [0.25, 0.3) is 0 Å². The fourth-order valence-corrected chi connectivity index (χ4v) is 3.97. The van der Waals surface area contributed by atoms with Crippen molar-refractivity contribution in [2.75, 3.05) is 0 Å². The van der Waals surface area contributed by atoms with Gasteiger partial charge in [0.2, 0.25) is 5.69 Å². The van der Waals surface area contributed by atoms with Crippen molar-refractivity contribution in [2.45, 2.75) is 51.6 Å². The third kappa shape index (κ3) is 2.07. The number of hydrogen-bond donors (Lipinski definition) is 0. The van der Waals surface area contributed by atoms with E-state index in [0.29, 0.717) is 11.5 Å². The topological polar surface area (TPSA) is 15.4 Å². The van der Waals surface area contributed by atoms with Crippen molar-refractivity contribution in [3.8, 4) is 0 Å². The predicted molar refractivity (Wildman–Crippen MR) is 73.6 cm³/mol. The molecule has 1 saturated carbocycles. The van der Waals surface area contributed by atoms with E-state index in [2.05, 4.69) is 37.6 Å². The van der Waals surface area contributed by atoms with Gasteiger partial charge in [0, 0.05) is 30.0 Å². The maximum absolute atomic E-state index is 5.95. The van der Waals surface area contributed by atoms with Crippen LogP contribution in [-0.2, 0) is 0 Å². The molecule has 2 aliphatic rings. The summed E-state index contributed by atoms with van der Waals surface area (Å²) in [6, 6.07) is 8.58. The molecule has 1 aliphatic heterocycles. The van der Waals surface area contributed by atoms with Crippen LogP contribution in [0.15, 0.2) is 29.4 Å². The number of halogens is 1. The minimum Gasteiger partial charge on any atom is -0.0858 e. The monoisotopic (exact) mass is 263 g/mol. The average molecular weight is 264 g/mol. The SMILES string of the molecule is CC1(C)C[C@@H]2C[C@](C)(C1)N=[N+]2c1ccc(Cl)cc1. The van der Waals surface area contributed by atoms with Crippen molar-refractivity contribution in [1.82, 2.24) is 0 Å². The molecule has 1 aromatic rings. The highest BCUT2D eigenvalue weighted by Gasteiger charge is 2.53. The van der Waals surface area contributed by atoms with Crippen LogP contribution in [0, 0.1) is 5.41 Å². The lowest BCUT2D eigenvalue weighted by Crippen LogP contribution is -2.38. The largest absolute Gasteiger partial charge is 0.231 e. The molecule has 2 nitrogen and oxygen atoms in total. The number of nitrogens with zero attached hydrogens (tertiary/aromatic N) is 2. The van der Waals surface area contributed by atoms with Crippen molar-refractivity contribution in [3.05, 3.63) is 29.3 Å². The van der Waals surface area contributed by atoms with E-state index in [-0.39, 0.29) is 5.54 Å². The highest BCUT2D eigenvalue weighted by molar-refractivity contribution is 6.30. The number of hydrogen-bond acceptors (Lipinski definition) is 1. The Balaban J connectivity index is 1.97. The molecule has 18 heavy (non-hydrogen) atoms. The van der Waals surface area contributed by atoms with Gasteiger partial charge in [-0.05, 0) is 36.0 Å². The Morgan fingerprint density at radius 3 is 2.50 bits per heavy atom. The Hall–Kier alpha value is -0.890. The van der Waals surface area contributed by atoms with E-state index in [4.69, 9.17) is 16.7 Å². The maximum Gasteiger partial charge on any atom is 0.231 e.